The number of aromatic nitrogens is 2. The van der Waals surface area contributed by atoms with E-state index in [1.54, 1.807) is 18.2 Å². The van der Waals surface area contributed by atoms with Crippen LogP contribution < -0.4 is 15.8 Å². The van der Waals surface area contributed by atoms with Crippen molar-refractivity contribution in [2.45, 2.75) is 32.0 Å². The average Bonchev–Trinajstić information content (AvgIpc) is 2.86. The molecule has 0 radical (unpaired) electrons. The van der Waals surface area contributed by atoms with Crippen molar-refractivity contribution in [3.8, 4) is 5.75 Å². The lowest BCUT2D eigenvalue weighted by Crippen LogP contribution is -2.52. The molecule has 0 saturated carbocycles. The van der Waals surface area contributed by atoms with Gasteiger partial charge in [-0.2, -0.15) is 5.10 Å². The molecule has 2 aromatic rings. The van der Waals surface area contributed by atoms with Crippen LogP contribution in [-0.4, -0.2) is 41.0 Å². The van der Waals surface area contributed by atoms with Crippen molar-refractivity contribution >= 4 is 11.7 Å². The normalized spacial score (nSPS) is 20.2. The minimum Gasteiger partial charge on any atom is -0.488 e. The van der Waals surface area contributed by atoms with Gasteiger partial charge >= 0.3 is 0 Å². The van der Waals surface area contributed by atoms with Gasteiger partial charge in [0.25, 0.3) is 0 Å². The van der Waals surface area contributed by atoms with E-state index in [9.17, 15) is 9.18 Å². The van der Waals surface area contributed by atoms with E-state index in [2.05, 4.69) is 10.4 Å². The van der Waals surface area contributed by atoms with Gasteiger partial charge in [-0.3, -0.25) is 4.79 Å². The Morgan fingerprint density at radius 2 is 2.36 bits per heavy atom. The molecule has 1 aromatic heterocycles. The molecular formula is C17H21FN4O3. The van der Waals surface area contributed by atoms with Crippen LogP contribution in [0.25, 0.3) is 0 Å². The molecule has 1 aliphatic heterocycles. The Bertz CT molecular complexity index is 749. The number of nitrogens with two attached hydrogens (primary N) is 1. The summed E-state index contributed by atoms with van der Waals surface area (Å²) in [5.41, 5.74) is 6.55. The first-order valence-electron chi connectivity index (χ1n) is 8.10. The Morgan fingerprint density at radius 1 is 1.52 bits per heavy atom. The van der Waals surface area contributed by atoms with Crippen LogP contribution in [0.5, 0.6) is 5.75 Å². The van der Waals surface area contributed by atoms with E-state index < -0.39 is 0 Å². The van der Waals surface area contributed by atoms with Crippen molar-refractivity contribution in [2.24, 2.45) is 0 Å². The standard InChI is InChI=1S/C17H21FN4O3/c1-11-7-16(19)22(21-11)9-17(23)20-14-10-24-6-5-15(14)25-13-4-2-3-12(18)8-13/h2-4,7-8,14-15H,5-6,9-10,19H2,1H3,(H,20,23)/t14-,15+/m1/s1. The average molecular weight is 348 g/mol. The number of benzene rings is 1. The van der Waals surface area contributed by atoms with Crippen LogP contribution in [0.3, 0.4) is 0 Å². The maximum absolute atomic E-state index is 13.3. The number of anilines is 1. The summed E-state index contributed by atoms with van der Waals surface area (Å²) < 4.78 is 26.0. The summed E-state index contributed by atoms with van der Waals surface area (Å²) in [6.07, 6.45) is 0.306. The predicted octanol–water partition coefficient (Wildman–Crippen LogP) is 1.27. The molecule has 3 N–H and O–H groups in total. The van der Waals surface area contributed by atoms with Gasteiger partial charge in [0, 0.05) is 18.6 Å². The zero-order valence-electron chi connectivity index (χ0n) is 13.9. The fourth-order valence-corrected chi connectivity index (χ4v) is 2.79. The molecule has 0 bridgehead atoms. The van der Waals surface area contributed by atoms with Crippen LogP contribution in [0.2, 0.25) is 0 Å². The lowest BCUT2D eigenvalue weighted by Gasteiger charge is -2.32. The lowest BCUT2D eigenvalue weighted by molar-refractivity contribution is -0.125. The maximum Gasteiger partial charge on any atom is 0.242 e. The summed E-state index contributed by atoms with van der Waals surface area (Å²) in [4.78, 5) is 12.3. The second-order valence-electron chi connectivity index (χ2n) is 6.02. The van der Waals surface area contributed by atoms with Crippen molar-refractivity contribution in [1.29, 1.82) is 0 Å². The van der Waals surface area contributed by atoms with Gasteiger partial charge in [0.05, 0.1) is 24.9 Å². The van der Waals surface area contributed by atoms with E-state index in [1.807, 2.05) is 6.92 Å². The first kappa shape index (κ1) is 17.2. The number of rotatable bonds is 5. The number of carbonyl (C=O) groups is 1. The number of nitrogens with zero attached hydrogens (tertiary/aromatic N) is 2. The summed E-state index contributed by atoms with van der Waals surface area (Å²) >= 11 is 0. The molecule has 1 fully saturated rings. The second kappa shape index (κ2) is 7.52. The minimum absolute atomic E-state index is 0.0167. The molecule has 1 aromatic carbocycles. The lowest BCUT2D eigenvalue weighted by atomic mass is 10.1. The molecule has 0 unspecified atom stereocenters. The van der Waals surface area contributed by atoms with Gasteiger partial charge in [0.15, 0.2) is 0 Å². The van der Waals surface area contributed by atoms with Crippen LogP contribution in [0.4, 0.5) is 10.2 Å². The van der Waals surface area contributed by atoms with Crippen LogP contribution in [0.15, 0.2) is 30.3 Å². The molecule has 2 atom stereocenters. The molecule has 7 nitrogen and oxygen atoms in total. The summed E-state index contributed by atoms with van der Waals surface area (Å²) in [6.45, 7) is 2.68. The molecule has 3 rings (SSSR count). The van der Waals surface area contributed by atoms with E-state index in [4.69, 9.17) is 15.2 Å². The van der Waals surface area contributed by atoms with Crippen molar-refractivity contribution in [3.05, 3.63) is 41.8 Å². The first-order valence-corrected chi connectivity index (χ1v) is 8.10. The van der Waals surface area contributed by atoms with E-state index in [1.165, 1.54) is 16.8 Å². The van der Waals surface area contributed by atoms with Gasteiger partial charge in [-0.25, -0.2) is 9.07 Å². The first-order chi connectivity index (χ1) is 12.0. The third-order valence-corrected chi connectivity index (χ3v) is 3.95. The molecule has 8 heteroatoms. The smallest absolute Gasteiger partial charge is 0.242 e. The Morgan fingerprint density at radius 3 is 3.08 bits per heavy atom. The number of hydrogen-bond acceptors (Lipinski definition) is 5. The zero-order valence-corrected chi connectivity index (χ0v) is 13.9. The highest BCUT2D eigenvalue weighted by molar-refractivity contribution is 5.76. The quantitative estimate of drug-likeness (QED) is 0.849. The second-order valence-corrected chi connectivity index (χ2v) is 6.02. The SMILES string of the molecule is Cc1cc(N)n(CC(=O)N[C@@H]2COCC[C@@H]2Oc2cccc(F)c2)n1. The largest absolute Gasteiger partial charge is 0.488 e. The highest BCUT2D eigenvalue weighted by atomic mass is 19.1. The summed E-state index contributed by atoms with van der Waals surface area (Å²) in [7, 11) is 0. The Labute approximate surface area is 144 Å². The monoisotopic (exact) mass is 348 g/mol. The summed E-state index contributed by atoms with van der Waals surface area (Å²) in [6, 6.07) is 7.31. The molecule has 25 heavy (non-hydrogen) atoms. The Hall–Kier alpha value is -2.61. The molecule has 1 saturated heterocycles. The van der Waals surface area contributed by atoms with Crippen molar-refractivity contribution in [1.82, 2.24) is 15.1 Å². The van der Waals surface area contributed by atoms with Gasteiger partial charge in [-0.15, -0.1) is 0 Å². The Kier molecular flexibility index (Phi) is 5.18. The molecule has 0 aliphatic carbocycles. The number of amides is 1. The van der Waals surface area contributed by atoms with E-state index in [0.717, 1.165) is 5.69 Å². The topological polar surface area (TPSA) is 91.4 Å². The maximum atomic E-state index is 13.3. The van der Waals surface area contributed by atoms with Crippen LogP contribution in [0, 0.1) is 12.7 Å². The zero-order chi connectivity index (χ0) is 17.8. The van der Waals surface area contributed by atoms with Gasteiger partial charge in [-0.05, 0) is 19.1 Å². The van der Waals surface area contributed by atoms with Gasteiger partial charge in [-0.1, -0.05) is 6.07 Å². The molecule has 0 spiro atoms. The minimum atomic E-state index is -0.366. The third kappa shape index (κ3) is 4.48. The molecule has 1 aliphatic rings. The number of aryl methyl sites for hydroxylation is 1. The molecule has 134 valence electrons. The Balaban J connectivity index is 1.62. The molecular weight excluding hydrogens is 327 g/mol. The van der Waals surface area contributed by atoms with Gasteiger partial charge in [0.2, 0.25) is 5.91 Å². The van der Waals surface area contributed by atoms with Crippen LogP contribution in [0.1, 0.15) is 12.1 Å². The van der Waals surface area contributed by atoms with Crippen molar-refractivity contribution in [3.63, 3.8) is 0 Å². The number of hydrogen-bond donors (Lipinski definition) is 2. The molecule has 1 amide bonds. The number of nitrogen functional groups attached to an aromatic ring is 1. The number of carbonyl (C=O) groups excluding carboxylic acids is 1. The van der Waals surface area contributed by atoms with E-state index in [-0.39, 0.29) is 30.4 Å². The fourth-order valence-electron chi connectivity index (χ4n) is 2.79. The number of halogens is 1. The highest BCUT2D eigenvalue weighted by Gasteiger charge is 2.29. The van der Waals surface area contributed by atoms with Crippen LogP contribution in [-0.2, 0) is 16.1 Å². The van der Waals surface area contributed by atoms with Gasteiger partial charge in [0.1, 0.15) is 30.0 Å². The van der Waals surface area contributed by atoms with Gasteiger partial charge < -0.3 is 20.5 Å². The van der Waals surface area contributed by atoms with Crippen molar-refractivity contribution in [2.75, 3.05) is 18.9 Å². The number of ether oxygens (including phenoxy) is 2. The van der Waals surface area contributed by atoms with Crippen LogP contribution >= 0.6 is 0 Å². The fraction of sp³-hybridized carbons (Fsp3) is 0.412. The number of nitrogens with one attached hydrogen (secondary N) is 1. The van der Waals surface area contributed by atoms with Crippen molar-refractivity contribution < 1.29 is 18.7 Å². The third-order valence-electron chi connectivity index (χ3n) is 3.95. The summed E-state index contributed by atoms with van der Waals surface area (Å²) in [5.74, 6) is 0.256. The van der Waals surface area contributed by atoms with E-state index >= 15 is 0 Å². The van der Waals surface area contributed by atoms with E-state index in [0.29, 0.717) is 31.2 Å². The highest BCUT2D eigenvalue weighted by Crippen LogP contribution is 2.19. The predicted molar refractivity (Wildman–Crippen MR) is 89.6 cm³/mol. The summed E-state index contributed by atoms with van der Waals surface area (Å²) in [5, 5.41) is 7.06. The molecule has 2 heterocycles.